The van der Waals surface area contributed by atoms with Gasteiger partial charge < -0.3 is 10.1 Å². The second-order valence-corrected chi connectivity index (χ2v) is 5.97. The van der Waals surface area contributed by atoms with E-state index in [0.29, 0.717) is 25.1 Å². The molecule has 5 nitrogen and oxygen atoms in total. The summed E-state index contributed by atoms with van der Waals surface area (Å²) in [4.78, 5) is 18.3. The van der Waals surface area contributed by atoms with Crippen molar-refractivity contribution in [1.82, 2.24) is 15.2 Å². The molecule has 1 aromatic rings. The van der Waals surface area contributed by atoms with Gasteiger partial charge in [-0.2, -0.15) is 0 Å². The van der Waals surface area contributed by atoms with Gasteiger partial charge in [-0.3, -0.25) is 14.7 Å². The molecule has 1 unspecified atom stereocenters. The number of nitrogens with zero attached hydrogens (tertiary/aromatic N) is 2. The van der Waals surface area contributed by atoms with E-state index in [4.69, 9.17) is 4.74 Å². The van der Waals surface area contributed by atoms with E-state index in [-0.39, 0.29) is 5.91 Å². The molecule has 1 aliphatic heterocycles. The minimum Gasteiger partial charge on any atom is -0.375 e. The molecule has 1 amide bonds. The third-order valence-corrected chi connectivity index (χ3v) is 4.43. The summed E-state index contributed by atoms with van der Waals surface area (Å²) in [6.45, 7) is 3.50. The first kappa shape index (κ1) is 14.5. The lowest BCUT2D eigenvalue weighted by atomic mass is 9.80. The smallest absolute Gasteiger partial charge is 0.234 e. The van der Waals surface area contributed by atoms with Crippen LogP contribution in [-0.4, -0.2) is 48.1 Å². The van der Waals surface area contributed by atoms with Gasteiger partial charge in [0.05, 0.1) is 19.3 Å². The van der Waals surface area contributed by atoms with Crippen LogP contribution >= 0.6 is 0 Å². The molecule has 0 spiro atoms. The Labute approximate surface area is 125 Å². The van der Waals surface area contributed by atoms with Crippen molar-refractivity contribution in [3.63, 3.8) is 0 Å². The van der Waals surface area contributed by atoms with Crippen LogP contribution < -0.4 is 5.32 Å². The van der Waals surface area contributed by atoms with Crippen LogP contribution in [0.1, 0.15) is 24.8 Å². The highest BCUT2D eigenvalue weighted by Crippen LogP contribution is 2.32. The average molecular weight is 289 g/mol. The fourth-order valence-corrected chi connectivity index (χ4v) is 2.93. The Kier molecular flexibility index (Phi) is 4.83. The van der Waals surface area contributed by atoms with E-state index < -0.39 is 0 Å². The normalized spacial score (nSPS) is 23.5. The molecule has 2 fully saturated rings. The Morgan fingerprint density at radius 2 is 2.38 bits per heavy atom. The van der Waals surface area contributed by atoms with Gasteiger partial charge in [-0.25, -0.2) is 0 Å². The topological polar surface area (TPSA) is 54.5 Å². The third kappa shape index (κ3) is 4.02. The summed E-state index contributed by atoms with van der Waals surface area (Å²) < 4.78 is 5.84. The number of hydrogen-bond acceptors (Lipinski definition) is 4. The van der Waals surface area contributed by atoms with E-state index >= 15 is 0 Å². The van der Waals surface area contributed by atoms with E-state index in [1.54, 1.807) is 12.4 Å². The summed E-state index contributed by atoms with van der Waals surface area (Å²) in [5.74, 6) is 0.791. The lowest BCUT2D eigenvalue weighted by Gasteiger charge is -2.40. The van der Waals surface area contributed by atoms with Crippen LogP contribution in [0.4, 0.5) is 0 Å². The Morgan fingerprint density at radius 1 is 1.48 bits per heavy atom. The predicted molar refractivity (Wildman–Crippen MR) is 79.6 cm³/mol. The van der Waals surface area contributed by atoms with E-state index in [2.05, 4.69) is 15.2 Å². The third-order valence-electron chi connectivity index (χ3n) is 4.43. The maximum Gasteiger partial charge on any atom is 0.234 e. The summed E-state index contributed by atoms with van der Waals surface area (Å²) >= 11 is 0. The van der Waals surface area contributed by atoms with Gasteiger partial charge in [-0.1, -0.05) is 12.5 Å². The maximum absolute atomic E-state index is 12.0. The largest absolute Gasteiger partial charge is 0.375 e. The molecule has 0 aromatic carbocycles. The Morgan fingerprint density at radius 3 is 3.10 bits per heavy atom. The second kappa shape index (κ2) is 7.00. The average Bonchev–Trinajstić information content (AvgIpc) is 2.45. The van der Waals surface area contributed by atoms with Crippen molar-refractivity contribution in [1.29, 1.82) is 0 Å². The van der Waals surface area contributed by atoms with Crippen LogP contribution in [0.2, 0.25) is 0 Å². The number of pyridine rings is 1. The molecule has 114 valence electrons. The molecule has 5 heteroatoms. The second-order valence-electron chi connectivity index (χ2n) is 5.97. The van der Waals surface area contributed by atoms with Crippen molar-refractivity contribution >= 4 is 5.91 Å². The molecule has 1 atom stereocenters. The standard InChI is InChI=1S/C16H23N3O2/c20-16(18-10-13-3-2-6-17-9-13)12-19-7-8-21-15(11-19)14-4-1-5-14/h2-3,6,9,14-15H,1,4-5,7-8,10-12H2,(H,18,20). The number of morpholine rings is 1. The summed E-state index contributed by atoms with van der Waals surface area (Å²) in [6.07, 6.45) is 7.74. The van der Waals surface area contributed by atoms with E-state index in [1.807, 2.05) is 12.1 Å². The number of carbonyl (C=O) groups excluding carboxylic acids is 1. The van der Waals surface area contributed by atoms with Crippen molar-refractivity contribution in [3.05, 3.63) is 30.1 Å². The summed E-state index contributed by atoms with van der Waals surface area (Å²) in [5, 5.41) is 2.96. The van der Waals surface area contributed by atoms with Gasteiger partial charge in [-0.15, -0.1) is 0 Å². The van der Waals surface area contributed by atoms with Crippen molar-refractivity contribution < 1.29 is 9.53 Å². The fourth-order valence-electron chi connectivity index (χ4n) is 2.93. The number of hydrogen-bond donors (Lipinski definition) is 1. The molecular formula is C16H23N3O2. The van der Waals surface area contributed by atoms with Crippen LogP contribution in [0.15, 0.2) is 24.5 Å². The zero-order valence-electron chi connectivity index (χ0n) is 12.3. The first-order chi connectivity index (χ1) is 10.3. The first-order valence-corrected chi connectivity index (χ1v) is 7.81. The lowest BCUT2D eigenvalue weighted by molar-refractivity contribution is -0.126. The Bertz CT molecular complexity index is 462. The van der Waals surface area contributed by atoms with Crippen LogP contribution in [0.3, 0.4) is 0 Å². The van der Waals surface area contributed by atoms with Gasteiger partial charge in [0.15, 0.2) is 0 Å². The Balaban J connectivity index is 1.41. The van der Waals surface area contributed by atoms with Gasteiger partial charge in [0.2, 0.25) is 5.91 Å². The van der Waals surface area contributed by atoms with Gasteiger partial charge in [0, 0.05) is 32.0 Å². The van der Waals surface area contributed by atoms with Crippen molar-refractivity contribution in [2.75, 3.05) is 26.2 Å². The highest BCUT2D eigenvalue weighted by atomic mass is 16.5. The molecule has 3 rings (SSSR count). The van der Waals surface area contributed by atoms with Gasteiger partial charge in [0.1, 0.15) is 0 Å². The zero-order valence-corrected chi connectivity index (χ0v) is 12.3. The number of amides is 1. The minimum absolute atomic E-state index is 0.0770. The van der Waals surface area contributed by atoms with Crippen LogP contribution in [-0.2, 0) is 16.1 Å². The molecular weight excluding hydrogens is 266 g/mol. The quantitative estimate of drug-likeness (QED) is 0.885. The van der Waals surface area contributed by atoms with Crippen LogP contribution in [0, 0.1) is 5.92 Å². The fraction of sp³-hybridized carbons (Fsp3) is 0.625. The first-order valence-electron chi connectivity index (χ1n) is 7.81. The number of nitrogens with one attached hydrogen (secondary N) is 1. The highest BCUT2D eigenvalue weighted by Gasteiger charge is 2.32. The molecule has 0 bridgehead atoms. The molecule has 0 radical (unpaired) electrons. The molecule has 1 saturated carbocycles. The molecule has 2 aliphatic rings. The molecule has 2 heterocycles. The SMILES string of the molecule is O=C(CN1CCOC(C2CCC2)C1)NCc1cccnc1. The lowest BCUT2D eigenvalue weighted by Crippen LogP contribution is -2.50. The molecule has 1 saturated heterocycles. The Hall–Kier alpha value is -1.46. The van der Waals surface area contributed by atoms with Gasteiger partial charge in [0.25, 0.3) is 0 Å². The van der Waals surface area contributed by atoms with Crippen molar-refractivity contribution in [2.45, 2.75) is 31.9 Å². The van der Waals surface area contributed by atoms with Crippen molar-refractivity contribution in [2.24, 2.45) is 5.92 Å². The summed E-state index contributed by atoms with van der Waals surface area (Å²) in [7, 11) is 0. The predicted octanol–water partition coefficient (Wildman–Crippen LogP) is 1.20. The van der Waals surface area contributed by atoms with Crippen LogP contribution in [0.25, 0.3) is 0 Å². The monoisotopic (exact) mass is 289 g/mol. The minimum atomic E-state index is 0.0770. The molecule has 1 N–H and O–H groups in total. The highest BCUT2D eigenvalue weighted by molar-refractivity contribution is 5.78. The molecule has 1 aliphatic carbocycles. The summed E-state index contributed by atoms with van der Waals surface area (Å²) in [6, 6.07) is 3.85. The van der Waals surface area contributed by atoms with E-state index in [1.165, 1.54) is 19.3 Å². The van der Waals surface area contributed by atoms with Crippen molar-refractivity contribution in [3.8, 4) is 0 Å². The summed E-state index contributed by atoms with van der Waals surface area (Å²) in [5.41, 5.74) is 1.03. The van der Waals surface area contributed by atoms with Crippen LogP contribution in [0.5, 0.6) is 0 Å². The number of ether oxygens (including phenoxy) is 1. The zero-order chi connectivity index (χ0) is 14.5. The van der Waals surface area contributed by atoms with E-state index in [0.717, 1.165) is 25.3 Å². The number of carbonyl (C=O) groups is 1. The number of rotatable bonds is 5. The maximum atomic E-state index is 12.0. The number of aromatic nitrogens is 1. The molecule has 1 aromatic heterocycles. The van der Waals surface area contributed by atoms with Gasteiger partial charge >= 0.3 is 0 Å². The molecule has 21 heavy (non-hydrogen) atoms. The van der Waals surface area contributed by atoms with E-state index in [9.17, 15) is 4.79 Å². The van der Waals surface area contributed by atoms with Gasteiger partial charge in [-0.05, 0) is 30.4 Å².